The number of nitrogens with zero attached hydrogens (tertiary/aromatic N) is 2. The summed E-state index contributed by atoms with van der Waals surface area (Å²) >= 11 is 0. The Kier molecular flexibility index (Phi) is 5.40. The molecule has 1 atom stereocenters. The van der Waals surface area contributed by atoms with E-state index in [0.717, 1.165) is 38.5 Å². The third-order valence-corrected chi connectivity index (χ3v) is 3.94. The molecule has 1 aliphatic rings. The Labute approximate surface area is 122 Å². The maximum atomic E-state index is 6.06. The number of rotatable bonds is 5. The van der Waals surface area contributed by atoms with Gasteiger partial charge in [0.15, 0.2) is 0 Å². The Morgan fingerprint density at radius 3 is 2.80 bits per heavy atom. The minimum atomic E-state index is 0.293. The first-order chi connectivity index (χ1) is 9.56. The van der Waals surface area contributed by atoms with Crippen molar-refractivity contribution >= 4 is 5.69 Å². The van der Waals surface area contributed by atoms with Gasteiger partial charge in [-0.1, -0.05) is 18.2 Å². The van der Waals surface area contributed by atoms with Crippen molar-refractivity contribution in [2.24, 2.45) is 0 Å². The maximum Gasteiger partial charge on any atom is 0.0829 e. The fraction of sp³-hybridized carbons (Fsp3) is 0.625. The minimum absolute atomic E-state index is 0.293. The Morgan fingerprint density at radius 2 is 2.15 bits per heavy atom. The van der Waals surface area contributed by atoms with Gasteiger partial charge in [0.05, 0.1) is 12.7 Å². The van der Waals surface area contributed by atoms with Crippen molar-refractivity contribution in [3.63, 3.8) is 0 Å². The van der Waals surface area contributed by atoms with Crippen LogP contribution in [0.4, 0.5) is 5.69 Å². The van der Waals surface area contributed by atoms with E-state index in [-0.39, 0.29) is 0 Å². The highest BCUT2D eigenvalue weighted by Gasteiger charge is 2.22. The summed E-state index contributed by atoms with van der Waals surface area (Å²) in [6.07, 6.45) is 0.293. The van der Waals surface area contributed by atoms with Gasteiger partial charge in [-0.25, -0.2) is 0 Å². The first kappa shape index (κ1) is 15.3. The zero-order valence-corrected chi connectivity index (χ0v) is 12.9. The summed E-state index contributed by atoms with van der Waals surface area (Å²) in [5, 5.41) is 0. The van der Waals surface area contributed by atoms with Crippen LogP contribution >= 0.6 is 0 Å². The number of hydrogen-bond donors (Lipinski definition) is 1. The Morgan fingerprint density at radius 1 is 1.40 bits per heavy atom. The standard InChI is InChI=1S/C16H27N3O/c1-13(2)19(10-14-6-4-5-7-16(14)17)12-15-11-18(3)8-9-20-15/h4-7,13,15H,8-12,17H2,1-3H3. The lowest BCUT2D eigenvalue weighted by Gasteiger charge is -2.35. The molecule has 2 rings (SSSR count). The van der Waals surface area contributed by atoms with E-state index in [0.29, 0.717) is 12.1 Å². The van der Waals surface area contributed by atoms with Crippen LogP contribution in [0.2, 0.25) is 0 Å². The summed E-state index contributed by atoms with van der Waals surface area (Å²) in [5.74, 6) is 0. The second-order valence-electron chi connectivity index (χ2n) is 5.98. The molecule has 4 nitrogen and oxygen atoms in total. The third-order valence-electron chi connectivity index (χ3n) is 3.94. The van der Waals surface area contributed by atoms with E-state index in [1.54, 1.807) is 0 Å². The molecule has 20 heavy (non-hydrogen) atoms. The average Bonchev–Trinajstić information content (AvgIpc) is 2.40. The van der Waals surface area contributed by atoms with E-state index in [1.807, 2.05) is 12.1 Å². The van der Waals surface area contributed by atoms with Crippen molar-refractivity contribution in [2.45, 2.75) is 32.5 Å². The number of benzene rings is 1. The Bertz CT molecular complexity index is 422. The fourth-order valence-electron chi connectivity index (χ4n) is 2.59. The molecule has 0 spiro atoms. The Hall–Kier alpha value is -1.10. The van der Waals surface area contributed by atoms with Gasteiger partial charge < -0.3 is 15.4 Å². The van der Waals surface area contributed by atoms with E-state index in [4.69, 9.17) is 10.5 Å². The molecule has 1 heterocycles. The molecule has 1 aromatic carbocycles. The molecule has 1 unspecified atom stereocenters. The molecule has 0 aliphatic carbocycles. The smallest absolute Gasteiger partial charge is 0.0829 e. The summed E-state index contributed by atoms with van der Waals surface area (Å²) in [7, 11) is 2.16. The van der Waals surface area contributed by atoms with Gasteiger partial charge in [-0.3, -0.25) is 4.90 Å². The molecule has 0 saturated carbocycles. The quantitative estimate of drug-likeness (QED) is 0.834. The maximum absolute atomic E-state index is 6.06. The molecule has 0 aromatic heterocycles. The lowest BCUT2D eigenvalue weighted by molar-refractivity contribution is -0.0409. The molecule has 2 N–H and O–H groups in total. The molecule has 4 heteroatoms. The van der Waals surface area contributed by atoms with E-state index in [2.05, 4.69) is 42.8 Å². The number of nitrogen functional groups attached to an aromatic ring is 1. The zero-order valence-electron chi connectivity index (χ0n) is 12.9. The third kappa shape index (κ3) is 4.20. The van der Waals surface area contributed by atoms with Crippen LogP contribution in [0.25, 0.3) is 0 Å². The van der Waals surface area contributed by atoms with Gasteiger partial charge in [-0.05, 0) is 32.5 Å². The number of anilines is 1. The largest absolute Gasteiger partial charge is 0.398 e. The fourth-order valence-corrected chi connectivity index (χ4v) is 2.59. The van der Waals surface area contributed by atoms with Crippen molar-refractivity contribution in [3.8, 4) is 0 Å². The van der Waals surface area contributed by atoms with Gasteiger partial charge in [0.25, 0.3) is 0 Å². The van der Waals surface area contributed by atoms with Gasteiger partial charge >= 0.3 is 0 Å². The van der Waals surface area contributed by atoms with Crippen molar-refractivity contribution < 1.29 is 4.74 Å². The monoisotopic (exact) mass is 277 g/mol. The minimum Gasteiger partial charge on any atom is -0.398 e. The second kappa shape index (κ2) is 7.07. The number of morpholine rings is 1. The SMILES string of the molecule is CC(C)N(Cc1ccccc1N)CC1CN(C)CCO1. The molecule has 112 valence electrons. The summed E-state index contributed by atoms with van der Waals surface area (Å²) in [5.41, 5.74) is 8.13. The normalized spacial score (nSPS) is 20.8. The lowest BCUT2D eigenvalue weighted by Crippen LogP contribution is -2.47. The molecule has 1 saturated heterocycles. The highest BCUT2D eigenvalue weighted by Crippen LogP contribution is 2.16. The van der Waals surface area contributed by atoms with Crippen LogP contribution < -0.4 is 5.73 Å². The van der Waals surface area contributed by atoms with Crippen LogP contribution in [0.5, 0.6) is 0 Å². The molecule has 0 amide bonds. The van der Waals surface area contributed by atoms with Crippen molar-refractivity contribution in [1.29, 1.82) is 0 Å². The summed E-state index contributed by atoms with van der Waals surface area (Å²) in [4.78, 5) is 4.78. The van der Waals surface area contributed by atoms with Gasteiger partial charge in [-0.15, -0.1) is 0 Å². The molecule has 1 aromatic rings. The molecule has 1 aliphatic heterocycles. The van der Waals surface area contributed by atoms with Crippen LogP contribution in [-0.2, 0) is 11.3 Å². The van der Waals surface area contributed by atoms with Crippen LogP contribution in [0.1, 0.15) is 19.4 Å². The van der Waals surface area contributed by atoms with Crippen molar-refractivity contribution in [2.75, 3.05) is 39.0 Å². The highest BCUT2D eigenvalue weighted by atomic mass is 16.5. The number of nitrogens with two attached hydrogens (primary N) is 1. The van der Waals surface area contributed by atoms with Crippen LogP contribution in [0.3, 0.4) is 0 Å². The van der Waals surface area contributed by atoms with Crippen LogP contribution in [-0.4, -0.2) is 55.2 Å². The molecule has 0 bridgehead atoms. The first-order valence-electron chi connectivity index (χ1n) is 7.44. The number of ether oxygens (including phenoxy) is 1. The van der Waals surface area contributed by atoms with Crippen LogP contribution in [0.15, 0.2) is 24.3 Å². The highest BCUT2D eigenvalue weighted by molar-refractivity contribution is 5.46. The molecule has 0 radical (unpaired) electrons. The first-order valence-corrected chi connectivity index (χ1v) is 7.44. The van der Waals surface area contributed by atoms with E-state index < -0.39 is 0 Å². The van der Waals surface area contributed by atoms with E-state index in [9.17, 15) is 0 Å². The number of hydrogen-bond acceptors (Lipinski definition) is 4. The van der Waals surface area contributed by atoms with Gasteiger partial charge in [0.1, 0.15) is 0 Å². The Balaban J connectivity index is 1.98. The predicted molar refractivity (Wildman–Crippen MR) is 83.6 cm³/mol. The van der Waals surface area contributed by atoms with E-state index in [1.165, 1.54) is 5.56 Å². The zero-order chi connectivity index (χ0) is 14.5. The van der Waals surface area contributed by atoms with E-state index >= 15 is 0 Å². The lowest BCUT2D eigenvalue weighted by atomic mass is 10.1. The van der Waals surface area contributed by atoms with Crippen LogP contribution in [0, 0.1) is 0 Å². The molecule has 1 fully saturated rings. The number of likely N-dealkylation sites (N-methyl/N-ethyl adjacent to an activating group) is 1. The van der Waals surface area contributed by atoms with Gasteiger partial charge in [0.2, 0.25) is 0 Å². The van der Waals surface area contributed by atoms with Gasteiger partial charge in [0, 0.05) is 37.9 Å². The van der Waals surface area contributed by atoms with Crippen molar-refractivity contribution in [3.05, 3.63) is 29.8 Å². The summed E-state index contributed by atoms with van der Waals surface area (Å²) in [6.45, 7) is 9.17. The average molecular weight is 277 g/mol. The topological polar surface area (TPSA) is 41.7 Å². The predicted octanol–water partition coefficient (Wildman–Crippen LogP) is 1.81. The second-order valence-corrected chi connectivity index (χ2v) is 5.98. The number of para-hydroxylation sites is 1. The summed E-state index contributed by atoms with van der Waals surface area (Å²) < 4.78 is 5.88. The summed E-state index contributed by atoms with van der Waals surface area (Å²) in [6, 6.07) is 8.59. The molecular formula is C16H27N3O. The molecular weight excluding hydrogens is 250 g/mol. The van der Waals surface area contributed by atoms with Gasteiger partial charge in [-0.2, -0.15) is 0 Å². The van der Waals surface area contributed by atoms with Crippen molar-refractivity contribution in [1.82, 2.24) is 9.80 Å².